The predicted molar refractivity (Wildman–Crippen MR) is 108 cm³/mol. The summed E-state index contributed by atoms with van der Waals surface area (Å²) in [5.74, 6) is -0.400. The lowest BCUT2D eigenvalue weighted by atomic mass is 9.50. The van der Waals surface area contributed by atoms with Gasteiger partial charge in [0.1, 0.15) is 43.3 Å². The summed E-state index contributed by atoms with van der Waals surface area (Å²) >= 11 is 0. The molecule has 1 aliphatic rings. The van der Waals surface area contributed by atoms with Crippen LogP contribution in [0, 0.1) is 6.92 Å². The van der Waals surface area contributed by atoms with Gasteiger partial charge in [-0.05, 0) is 24.6 Å². The molecular formula is C14H18B4N4O3. The molecule has 11 heteroatoms. The molecule has 1 aromatic carbocycles. The van der Waals surface area contributed by atoms with Gasteiger partial charge in [-0.3, -0.25) is 24.3 Å². The molecule has 0 saturated carbocycles. The Morgan fingerprint density at radius 3 is 2.60 bits per heavy atom. The molecule has 2 heterocycles. The summed E-state index contributed by atoms with van der Waals surface area (Å²) in [6, 6.07) is 1.03. The van der Waals surface area contributed by atoms with Crippen molar-refractivity contribution >= 4 is 70.7 Å². The Bertz CT molecular complexity index is 1000. The zero-order valence-electron chi connectivity index (χ0n) is 15.1. The molecule has 7 nitrogen and oxygen atoms in total. The maximum Gasteiger partial charge on any atom is 0.264 e. The molecule has 3 N–H and O–H groups in total. The van der Waals surface area contributed by atoms with E-state index in [4.69, 9.17) is 5.73 Å². The molecule has 0 radical (unpaired) electrons. The van der Waals surface area contributed by atoms with Crippen LogP contribution in [0.2, 0.25) is 5.21 Å². The number of carbonyl (C=O) groups excluding carboxylic acids is 2. The van der Waals surface area contributed by atoms with E-state index in [1.54, 1.807) is 22.6 Å². The van der Waals surface area contributed by atoms with Crippen molar-refractivity contribution in [2.45, 2.75) is 24.6 Å². The van der Waals surface area contributed by atoms with Crippen LogP contribution in [0.1, 0.15) is 18.3 Å². The number of nitrogens with one attached hydrogen (secondary N) is 1. The van der Waals surface area contributed by atoms with Gasteiger partial charge in [-0.25, -0.2) is 4.98 Å². The van der Waals surface area contributed by atoms with Crippen LogP contribution in [-0.4, -0.2) is 52.8 Å². The van der Waals surface area contributed by atoms with Crippen LogP contribution in [0.5, 0.6) is 0 Å². The van der Waals surface area contributed by atoms with Crippen LogP contribution in [0.15, 0.2) is 10.9 Å². The second kappa shape index (κ2) is 5.54. The van der Waals surface area contributed by atoms with Crippen molar-refractivity contribution in [1.29, 1.82) is 0 Å². The number of hydrogen-bond donors (Lipinski definition) is 2. The monoisotopic (exact) mass is 334 g/mol. The fraction of sp³-hybridized carbons (Fsp3) is 0.286. The van der Waals surface area contributed by atoms with E-state index >= 15 is 0 Å². The summed E-state index contributed by atoms with van der Waals surface area (Å²) in [5.41, 5.74) is 8.50. The number of nitrogens with zero attached hydrogens (tertiary/aromatic N) is 2. The van der Waals surface area contributed by atoms with E-state index < -0.39 is 17.2 Å². The van der Waals surface area contributed by atoms with Gasteiger partial charge in [0.05, 0.1) is 10.9 Å². The summed E-state index contributed by atoms with van der Waals surface area (Å²) in [4.78, 5) is 42.0. The van der Waals surface area contributed by atoms with Crippen molar-refractivity contribution in [2.24, 2.45) is 0 Å². The van der Waals surface area contributed by atoms with Crippen LogP contribution in [0.25, 0.3) is 10.9 Å². The minimum atomic E-state index is -0.793. The second-order valence-corrected chi connectivity index (χ2v) is 7.38. The highest BCUT2D eigenvalue weighted by molar-refractivity contribution is 6.52. The topological polar surface area (TPSA) is 107 Å². The zero-order chi connectivity index (χ0) is 18.7. The number of benzene rings is 1. The number of anilines is 1. The van der Waals surface area contributed by atoms with Crippen molar-refractivity contribution in [3.05, 3.63) is 22.2 Å². The first kappa shape index (κ1) is 17.4. The third-order valence-corrected chi connectivity index (χ3v) is 5.11. The average molecular weight is 334 g/mol. The average Bonchev–Trinajstić information content (AvgIpc) is 2.49. The van der Waals surface area contributed by atoms with Crippen molar-refractivity contribution < 1.29 is 9.59 Å². The molecule has 1 unspecified atom stereocenters. The fourth-order valence-corrected chi connectivity index (χ4v) is 3.34. The number of aromatic nitrogens is 2. The largest absolute Gasteiger partial charge is 0.398 e. The van der Waals surface area contributed by atoms with E-state index in [9.17, 15) is 14.4 Å². The molecule has 25 heavy (non-hydrogen) atoms. The minimum Gasteiger partial charge on any atom is -0.398 e. The summed E-state index contributed by atoms with van der Waals surface area (Å²) in [6.45, 7) is 1.68. The molecule has 3 rings (SSSR count). The maximum absolute atomic E-state index is 13.1. The minimum absolute atomic E-state index is 0.232. The van der Waals surface area contributed by atoms with Gasteiger partial charge in [-0.15, -0.1) is 0 Å². The number of rotatable bonds is 1. The number of hydrogen-bond acceptors (Lipinski definition) is 5. The van der Waals surface area contributed by atoms with Gasteiger partial charge in [0.2, 0.25) is 11.8 Å². The third-order valence-electron chi connectivity index (χ3n) is 5.11. The van der Waals surface area contributed by atoms with E-state index in [1.807, 2.05) is 21.8 Å². The fourth-order valence-electron chi connectivity index (χ4n) is 3.34. The second-order valence-electron chi connectivity index (χ2n) is 7.38. The van der Waals surface area contributed by atoms with E-state index in [2.05, 4.69) is 10.3 Å². The Morgan fingerprint density at radius 1 is 1.32 bits per heavy atom. The van der Waals surface area contributed by atoms with E-state index in [1.165, 1.54) is 4.57 Å². The molecule has 1 aliphatic heterocycles. The number of imide groups is 1. The summed E-state index contributed by atoms with van der Waals surface area (Å²) in [6.07, 6.45) is 0.232. The number of fused-ring (bicyclic) bond motifs is 1. The van der Waals surface area contributed by atoms with Crippen molar-refractivity contribution in [1.82, 2.24) is 14.9 Å². The first-order valence-corrected chi connectivity index (χ1v) is 8.18. The molecule has 2 amide bonds. The van der Waals surface area contributed by atoms with Crippen LogP contribution in [0.4, 0.5) is 5.69 Å². The van der Waals surface area contributed by atoms with Gasteiger partial charge in [-0.1, -0.05) is 10.9 Å². The normalized spacial score (nSPS) is 19.8. The van der Waals surface area contributed by atoms with Gasteiger partial charge in [0.25, 0.3) is 5.56 Å². The number of carbonyl (C=O) groups is 2. The predicted octanol–water partition coefficient (Wildman–Crippen LogP) is -5.23. The van der Waals surface area contributed by atoms with E-state index in [0.717, 1.165) is 10.9 Å². The van der Waals surface area contributed by atoms with Gasteiger partial charge in [-0.2, -0.15) is 0 Å². The lowest BCUT2D eigenvalue weighted by Gasteiger charge is -2.34. The highest BCUT2D eigenvalue weighted by Gasteiger charge is 2.42. The Balaban J connectivity index is 2.29. The van der Waals surface area contributed by atoms with Crippen LogP contribution >= 0.6 is 0 Å². The van der Waals surface area contributed by atoms with Gasteiger partial charge in [0, 0.05) is 5.69 Å². The van der Waals surface area contributed by atoms with Crippen LogP contribution < -0.4 is 27.5 Å². The Hall–Kier alpha value is -2.44. The standard InChI is InChI=1S/C14H18B4N4O3/c1-4-20-6-2-5(15)9(16)10(19)8(6)12(24)22(4)7-3-14(17,18)13(25)21-11(7)23/h2,7H,3,15-19H2,1H3,(H,21,23,25). The van der Waals surface area contributed by atoms with Gasteiger partial charge >= 0.3 is 0 Å². The number of nitrogen functional groups attached to an aromatic ring is 1. The maximum atomic E-state index is 13.1. The zero-order valence-corrected chi connectivity index (χ0v) is 15.1. The Kier molecular flexibility index (Phi) is 3.85. The lowest BCUT2D eigenvalue weighted by molar-refractivity contribution is -0.136. The summed E-state index contributed by atoms with van der Waals surface area (Å²) in [7, 11) is 7.26. The molecule has 0 bridgehead atoms. The van der Waals surface area contributed by atoms with E-state index in [0.29, 0.717) is 22.4 Å². The molecule has 1 atom stereocenters. The number of amides is 2. The summed E-state index contributed by atoms with van der Waals surface area (Å²) in [5, 5.41) is 1.92. The molecule has 1 fully saturated rings. The van der Waals surface area contributed by atoms with Crippen LogP contribution in [-0.2, 0) is 9.59 Å². The van der Waals surface area contributed by atoms with Crippen molar-refractivity contribution in [3.63, 3.8) is 0 Å². The molecule has 0 spiro atoms. The molecule has 0 aliphatic carbocycles. The first-order chi connectivity index (χ1) is 11.5. The number of aryl methyl sites for hydroxylation is 1. The SMILES string of the molecule is Bc1cc2nc(C)n(C3CC(B)(B)C(=O)NC3=O)c(=O)c2c(N)c1B. The molecule has 1 aromatic heterocycles. The molecule has 2 aromatic rings. The number of nitrogens with two attached hydrogens (primary N) is 1. The van der Waals surface area contributed by atoms with Gasteiger partial charge < -0.3 is 5.73 Å². The summed E-state index contributed by atoms with van der Waals surface area (Å²) < 4.78 is 1.36. The molecule has 1 saturated heterocycles. The number of piperidine rings is 1. The smallest absolute Gasteiger partial charge is 0.264 e. The highest BCUT2D eigenvalue weighted by Crippen LogP contribution is 2.33. The van der Waals surface area contributed by atoms with E-state index in [-0.39, 0.29) is 17.9 Å². The Labute approximate surface area is 148 Å². The van der Waals surface area contributed by atoms with Gasteiger partial charge in [0.15, 0.2) is 0 Å². The quantitative estimate of drug-likeness (QED) is 0.308. The highest BCUT2D eigenvalue weighted by atomic mass is 16.2. The molecular weight excluding hydrogens is 315 g/mol. The Morgan fingerprint density at radius 2 is 1.96 bits per heavy atom. The molecule has 124 valence electrons. The van der Waals surface area contributed by atoms with Crippen LogP contribution in [0.3, 0.4) is 0 Å². The lowest BCUT2D eigenvalue weighted by Crippen LogP contribution is -2.52. The van der Waals surface area contributed by atoms with Crippen molar-refractivity contribution in [3.8, 4) is 0 Å². The van der Waals surface area contributed by atoms with Crippen molar-refractivity contribution in [2.75, 3.05) is 5.73 Å². The third kappa shape index (κ3) is 2.58. The first-order valence-electron chi connectivity index (χ1n) is 8.18.